The fraction of sp³-hybridized carbons (Fsp3) is 0.417. The summed E-state index contributed by atoms with van der Waals surface area (Å²) in [6, 6.07) is 2.51. The van der Waals surface area contributed by atoms with Gasteiger partial charge < -0.3 is 15.2 Å². The minimum atomic E-state index is -0.881. The first-order valence-electron chi connectivity index (χ1n) is 5.65. The van der Waals surface area contributed by atoms with Crippen molar-refractivity contribution in [3.63, 3.8) is 0 Å². The molecule has 6 nitrogen and oxygen atoms in total. The van der Waals surface area contributed by atoms with Crippen LogP contribution in [0.5, 0.6) is 0 Å². The highest BCUT2D eigenvalue weighted by molar-refractivity contribution is 5.88. The van der Waals surface area contributed by atoms with Crippen molar-refractivity contribution in [2.75, 3.05) is 12.4 Å². The Balaban J connectivity index is 2.13. The number of hydrogen-bond acceptors (Lipinski definition) is 5. The third-order valence-corrected chi connectivity index (χ3v) is 2.84. The smallest absolute Gasteiger partial charge is 0.356 e. The maximum atomic E-state index is 11.3. The molecule has 1 atom stereocenters. The van der Waals surface area contributed by atoms with E-state index < -0.39 is 18.0 Å². The van der Waals surface area contributed by atoms with Crippen LogP contribution < -0.4 is 5.32 Å². The number of nitrogens with one attached hydrogen (secondary N) is 1. The number of pyridine rings is 1. The van der Waals surface area contributed by atoms with Gasteiger partial charge in [0.2, 0.25) is 0 Å². The zero-order valence-electron chi connectivity index (χ0n) is 9.92. The van der Waals surface area contributed by atoms with Crippen LogP contribution >= 0.6 is 0 Å². The highest BCUT2D eigenvalue weighted by atomic mass is 16.5. The summed E-state index contributed by atoms with van der Waals surface area (Å²) in [7, 11) is 1.27. The number of rotatable bonds is 5. The van der Waals surface area contributed by atoms with E-state index in [1.165, 1.54) is 19.4 Å². The monoisotopic (exact) mass is 250 g/mol. The standard InChI is InChI=1S/C12H14N2O4/c1-18-12(17)9-6-8(4-5-13-9)14-10(11(15)16)7-2-3-7/h4-7,10H,2-3H2,1H3,(H,13,14)(H,15,16). The van der Waals surface area contributed by atoms with Gasteiger partial charge >= 0.3 is 11.9 Å². The third kappa shape index (κ3) is 2.77. The summed E-state index contributed by atoms with van der Waals surface area (Å²) < 4.78 is 4.56. The molecule has 18 heavy (non-hydrogen) atoms. The van der Waals surface area contributed by atoms with E-state index in [0.29, 0.717) is 5.69 Å². The van der Waals surface area contributed by atoms with Gasteiger partial charge in [0.1, 0.15) is 11.7 Å². The molecule has 0 radical (unpaired) electrons. The molecular formula is C12H14N2O4. The van der Waals surface area contributed by atoms with Gasteiger partial charge in [0.05, 0.1) is 7.11 Å². The Bertz CT molecular complexity index is 471. The Morgan fingerprint density at radius 3 is 2.83 bits per heavy atom. The number of carboxylic acids is 1. The zero-order valence-corrected chi connectivity index (χ0v) is 9.92. The lowest BCUT2D eigenvalue weighted by molar-refractivity contribution is -0.138. The summed E-state index contributed by atoms with van der Waals surface area (Å²) in [5, 5.41) is 12.0. The Morgan fingerprint density at radius 2 is 2.28 bits per heavy atom. The topological polar surface area (TPSA) is 88.5 Å². The predicted octanol–water partition coefficient (Wildman–Crippen LogP) is 1.14. The normalized spacial score (nSPS) is 15.8. The summed E-state index contributed by atoms with van der Waals surface area (Å²) in [5.41, 5.74) is 0.715. The van der Waals surface area contributed by atoms with Gasteiger partial charge in [-0.25, -0.2) is 14.6 Å². The van der Waals surface area contributed by atoms with Gasteiger partial charge in [-0.2, -0.15) is 0 Å². The van der Waals surface area contributed by atoms with E-state index in [1.54, 1.807) is 6.07 Å². The zero-order chi connectivity index (χ0) is 13.1. The summed E-state index contributed by atoms with van der Waals surface area (Å²) in [6.07, 6.45) is 3.28. The van der Waals surface area contributed by atoms with Crippen molar-refractivity contribution >= 4 is 17.6 Å². The first-order chi connectivity index (χ1) is 8.61. The van der Waals surface area contributed by atoms with E-state index in [1.807, 2.05) is 0 Å². The van der Waals surface area contributed by atoms with Crippen LogP contribution in [-0.2, 0) is 9.53 Å². The maximum Gasteiger partial charge on any atom is 0.356 e. The van der Waals surface area contributed by atoms with Crippen LogP contribution in [0.25, 0.3) is 0 Å². The van der Waals surface area contributed by atoms with Gasteiger partial charge in [-0.05, 0) is 30.9 Å². The number of aliphatic carboxylic acids is 1. The molecule has 1 aromatic heterocycles. The molecule has 0 bridgehead atoms. The van der Waals surface area contributed by atoms with Crippen molar-refractivity contribution in [1.82, 2.24) is 4.98 Å². The average Bonchev–Trinajstić information content (AvgIpc) is 3.19. The first-order valence-corrected chi connectivity index (χ1v) is 5.65. The van der Waals surface area contributed by atoms with Crippen molar-refractivity contribution in [3.8, 4) is 0 Å². The van der Waals surface area contributed by atoms with E-state index in [0.717, 1.165) is 12.8 Å². The van der Waals surface area contributed by atoms with Crippen molar-refractivity contribution in [1.29, 1.82) is 0 Å². The highest BCUT2D eigenvalue weighted by Crippen LogP contribution is 2.34. The Labute approximate surface area is 104 Å². The average molecular weight is 250 g/mol. The van der Waals surface area contributed by atoms with Crippen LogP contribution in [0, 0.1) is 5.92 Å². The van der Waals surface area contributed by atoms with Gasteiger partial charge in [-0.15, -0.1) is 0 Å². The molecule has 0 saturated heterocycles. The highest BCUT2D eigenvalue weighted by Gasteiger charge is 2.36. The summed E-state index contributed by atoms with van der Waals surface area (Å²) in [6.45, 7) is 0. The number of methoxy groups -OCH3 is 1. The number of hydrogen-bond donors (Lipinski definition) is 2. The second-order valence-corrected chi connectivity index (χ2v) is 4.22. The lowest BCUT2D eigenvalue weighted by Crippen LogP contribution is -2.31. The molecule has 1 fully saturated rings. The molecule has 1 aromatic rings. The largest absolute Gasteiger partial charge is 0.480 e. The molecule has 2 rings (SSSR count). The maximum absolute atomic E-state index is 11.3. The molecule has 2 N–H and O–H groups in total. The summed E-state index contributed by atoms with van der Waals surface area (Å²) in [4.78, 5) is 26.3. The molecule has 0 aliphatic heterocycles. The van der Waals surface area contributed by atoms with E-state index in [2.05, 4.69) is 15.0 Å². The van der Waals surface area contributed by atoms with E-state index in [4.69, 9.17) is 5.11 Å². The molecule has 96 valence electrons. The molecule has 1 saturated carbocycles. The van der Waals surface area contributed by atoms with E-state index in [9.17, 15) is 9.59 Å². The molecule has 6 heteroatoms. The fourth-order valence-corrected chi connectivity index (χ4v) is 1.73. The van der Waals surface area contributed by atoms with Crippen LogP contribution in [0.15, 0.2) is 18.3 Å². The minimum absolute atomic E-state index is 0.155. The summed E-state index contributed by atoms with van der Waals surface area (Å²) in [5.74, 6) is -1.26. The molecule has 0 aromatic carbocycles. The van der Waals surface area contributed by atoms with Crippen LogP contribution in [0.2, 0.25) is 0 Å². The molecule has 1 heterocycles. The second-order valence-electron chi connectivity index (χ2n) is 4.22. The lowest BCUT2D eigenvalue weighted by atomic mass is 10.1. The molecule has 1 aliphatic rings. The van der Waals surface area contributed by atoms with Crippen molar-refractivity contribution in [2.24, 2.45) is 5.92 Å². The number of esters is 1. The number of nitrogens with zero attached hydrogens (tertiary/aromatic N) is 1. The van der Waals surface area contributed by atoms with Gasteiger partial charge in [-0.1, -0.05) is 0 Å². The number of aromatic nitrogens is 1. The Kier molecular flexibility index (Phi) is 3.45. The second kappa shape index (κ2) is 5.03. The van der Waals surface area contributed by atoms with E-state index in [-0.39, 0.29) is 11.6 Å². The first kappa shape index (κ1) is 12.3. The molecular weight excluding hydrogens is 236 g/mol. The van der Waals surface area contributed by atoms with Crippen LogP contribution in [0.3, 0.4) is 0 Å². The quantitative estimate of drug-likeness (QED) is 0.762. The Morgan fingerprint density at radius 1 is 1.56 bits per heavy atom. The number of carboxylic acid groups (broad SMARTS) is 1. The summed E-state index contributed by atoms with van der Waals surface area (Å²) >= 11 is 0. The van der Waals surface area contributed by atoms with Crippen LogP contribution in [-0.4, -0.2) is 35.2 Å². The number of carbonyl (C=O) groups is 2. The predicted molar refractivity (Wildman–Crippen MR) is 63.3 cm³/mol. The van der Waals surface area contributed by atoms with Gasteiger partial charge in [0.15, 0.2) is 0 Å². The Hall–Kier alpha value is -2.11. The van der Waals surface area contributed by atoms with Crippen molar-refractivity contribution in [2.45, 2.75) is 18.9 Å². The number of ether oxygens (including phenoxy) is 1. The SMILES string of the molecule is COC(=O)c1cc(NC(C(=O)O)C2CC2)ccn1. The molecule has 0 amide bonds. The lowest BCUT2D eigenvalue weighted by Gasteiger charge is -2.15. The molecule has 0 spiro atoms. The molecule has 1 unspecified atom stereocenters. The minimum Gasteiger partial charge on any atom is -0.480 e. The molecule has 1 aliphatic carbocycles. The number of anilines is 1. The fourth-order valence-electron chi connectivity index (χ4n) is 1.73. The van der Waals surface area contributed by atoms with Crippen molar-refractivity contribution in [3.05, 3.63) is 24.0 Å². The van der Waals surface area contributed by atoms with Crippen LogP contribution in [0.4, 0.5) is 5.69 Å². The van der Waals surface area contributed by atoms with Gasteiger partial charge in [-0.3, -0.25) is 0 Å². The van der Waals surface area contributed by atoms with Crippen LogP contribution in [0.1, 0.15) is 23.3 Å². The third-order valence-electron chi connectivity index (χ3n) is 2.84. The van der Waals surface area contributed by atoms with E-state index >= 15 is 0 Å². The van der Waals surface area contributed by atoms with Gasteiger partial charge in [0, 0.05) is 11.9 Å². The van der Waals surface area contributed by atoms with Crippen molar-refractivity contribution < 1.29 is 19.4 Å². The van der Waals surface area contributed by atoms with Gasteiger partial charge in [0.25, 0.3) is 0 Å². The number of carbonyl (C=O) groups excluding carboxylic acids is 1.